The quantitative estimate of drug-likeness (QED) is 0.818. The van der Waals surface area contributed by atoms with Gasteiger partial charge in [0.2, 0.25) is 0 Å². The van der Waals surface area contributed by atoms with Crippen molar-refractivity contribution in [3.63, 3.8) is 0 Å². The van der Waals surface area contributed by atoms with E-state index in [2.05, 4.69) is 8.75 Å². The van der Waals surface area contributed by atoms with Gasteiger partial charge in [-0.1, -0.05) is 6.07 Å². The van der Waals surface area contributed by atoms with Crippen LogP contribution >= 0.6 is 11.7 Å². The topological polar surface area (TPSA) is 64.6 Å². The average molecular weight is 307 g/mol. The van der Waals surface area contributed by atoms with Gasteiger partial charge in [0, 0.05) is 13.1 Å². The van der Waals surface area contributed by atoms with E-state index < -0.39 is 0 Å². The SMILES string of the molecule is CCN(Cc1ccc(OC)c(OC)c1)C(=O)c1cnsn1. The van der Waals surface area contributed by atoms with E-state index in [1.807, 2.05) is 25.1 Å². The second-order valence-corrected chi connectivity index (χ2v) is 4.86. The highest BCUT2D eigenvalue weighted by Crippen LogP contribution is 2.28. The summed E-state index contributed by atoms with van der Waals surface area (Å²) in [6, 6.07) is 5.61. The molecule has 2 rings (SSSR count). The number of benzene rings is 1. The molecule has 0 saturated heterocycles. The summed E-state index contributed by atoms with van der Waals surface area (Å²) in [6.07, 6.45) is 1.49. The van der Waals surface area contributed by atoms with Crippen molar-refractivity contribution in [1.82, 2.24) is 13.6 Å². The number of rotatable bonds is 6. The van der Waals surface area contributed by atoms with E-state index in [9.17, 15) is 4.79 Å². The molecule has 0 bridgehead atoms. The number of hydrogen-bond acceptors (Lipinski definition) is 6. The number of nitrogens with zero attached hydrogens (tertiary/aromatic N) is 3. The maximum absolute atomic E-state index is 12.3. The first-order valence-corrected chi connectivity index (χ1v) is 7.20. The average Bonchev–Trinajstić information content (AvgIpc) is 3.06. The van der Waals surface area contributed by atoms with Gasteiger partial charge in [0.25, 0.3) is 5.91 Å². The Kier molecular flexibility index (Phi) is 5.10. The molecule has 0 spiro atoms. The molecule has 0 saturated carbocycles. The van der Waals surface area contributed by atoms with Gasteiger partial charge in [-0.05, 0) is 24.6 Å². The third-order valence-electron chi connectivity index (χ3n) is 3.07. The van der Waals surface area contributed by atoms with Crippen LogP contribution < -0.4 is 9.47 Å². The van der Waals surface area contributed by atoms with Gasteiger partial charge in [-0.2, -0.15) is 8.75 Å². The van der Waals surface area contributed by atoms with Crippen molar-refractivity contribution in [3.05, 3.63) is 35.7 Å². The normalized spacial score (nSPS) is 10.2. The van der Waals surface area contributed by atoms with Crippen molar-refractivity contribution in [2.24, 2.45) is 0 Å². The number of carbonyl (C=O) groups excluding carboxylic acids is 1. The van der Waals surface area contributed by atoms with E-state index in [4.69, 9.17) is 9.47 Å². The zero-order valence-corrected chi connectivity index (χ0v) is 13.0. The number of amides is 1. The van der Waals surface area contributed by atoms with Crippen LogP contribution in [-0.2, 0) is 6.54 Å². The summed E-state index contributed by atoms with van der Waals surface area (Å²) >= 11 is 1.03. The maximum Gasteiger partial charge on any atom is 0.275 e. The molecule has 2 aromatic rings. The Bertz CT molecular complexity index is 602. The molecule has 0 fully saturated rings. The molecule has 0 aliphatic heterocycles. The highest BCUT2D eigenvalue weighted by atomic mass is 32.1. The highest BCUT2D eigenvalue weighted by molar-refractivity contribution is 6.99. The van der Waals surface area contributed by atoms with E-state index in [-0.39, 0.29) is 5.91 Å². The fourth-order valence-corrected chi connectivity index (χ4v) is 2.35. The minimum absolute atomic E-state index is 0.124. The van der Waals surface area contributed by atoms with Crippen LogP contribution in [0.2, 0.25) is 0 Å². The predicted octanol–water partition coefficient (Wildman–Crippen LogP) is 2.22. The third-order valence-corrected chi connectivity index (χ3v) is 3.55. The molecular formula is C14H17N3O3S. The van der Waals surface area contributed by atoms with Crippen molar-refractivity contribution < 1.29 is 14.3 Å². The molecule has 112 valence electrons. The number of carbonyl (C=O) groups is 1. The predicted molar refractivity (Wildman–Crippen MR) is 79.9 cm³/mol. The lowest BCUT2D eigenvalue weighted by molar-refractivity contribution is 0.0747. The zero-order chi connectivity index (χ0) is 15.2. The maximum atomic E-state index is 12.3. The van der Waals surface area contributed by atoms with E-state index in [1.165, 1.54) is 6.20 Å². The highest BCUT2D eigenvalue weighted by Gasteiger charge is 2.17. The summed E-state index contributed by atoms with van der Waals surface area (Å²) in [5, 5.41) is 0. The minimum atomic E-state index is -0.124. The Morgan fingerprint density at radius 1 is 1.29 bits per heavy atom. The van der Waals surface area contributed by atoms with Crippen molar-refractivity contribution in [3.8, 4) is 11.5 Å². The standard InChI is InChI=1S/C14H17N3O3S/c1-4-17(14(18)11-8-15-21-16-11)9-10-5-6-12(19-2)13(7-10)20-3/h5-8H,4,9H2,1-3H3. The van der Waals surface area contributed by atoms with Crippen LogP contribution in [0.1, 0.15) is 23.0 Å². The van der Waals surface area contributed by atoms with Crippen molar-refractivity contribution in [2.75, 3.05) is 20.8 Å². The molecular weight excluding hydrogens is 290 g/mol. The van der Waals surface area contributed by atoms with Gasteiger partial charge in [0.1, 0.15) is 0 Å². The van der Waals surface area contributed by atoms with Crippen LogP contribution in [0, 0.1) is 0 Å². The second-order valence-electron chi connectivity index (χ2n) is 4.30. The molecule has 0 unspecified atom stereocenters. The summed E-state index contributed by atoms with van der Waals surface area (Å²) in [5.74, 6) is 1.19. The van der Waals surface area contributed by atoms with Crippen molar-refractivity contribution in [1.29, 1.82) is 0 Å². The van der Waals surface area contributed by atoms with Gasteiger partial charge in [-0.3, -0.25) is 4.79 Å². The first kappa shape index (κ1) is 15.2. The zero-order valence-electron chi connectivity index (χ0n) is 12.2. The number of hydrogen-bond donors (Lipinski definition) is 0. The van der Waals surface area contributed by atoms with Gasteiger partial charge in [0.05, 0.1) is 32.1 Å². The summed E-state index contributed by atoms with van der Waals surface area (Å²) in [6.45, 7) is 3.00. The lowest BCUT2D eigenvalue weighted by Gasteiger charge is -2.20. The Hall–Kier alpha value is -2.15. The Labute approximate surface area is 127 Å². The van der Waals surface area contributed by atoms with E-state index in [0.29, 0.717) is 30.3 Å². The van der Waals surface area contributed by atoms with Crippen LogP contribution in [0.15, 0.2) is 24.4 Å². The van der Waals surface area contributed by atoms with Crippen LogP contribution in [0.3, 0.4) is 0 Å². The molecule has 7 heteroatoms. The largest absolute Gasteiger partial charge is 0.493 e. The van der Waals surface area contributed by atoms with Gasteiger partial charge >= 0.3 is 0 Å². The smallest absolute Gasteiger partial charge is 0.275 e. The number of aromatic nitrogens is 2. The molecule has 6 nitrogen and oxygen atoms in total. The fourth-order valence-electron chi connectivity index (χ4n) is 1.95. The van der Waals surface area contributed by atoms with Gasteiger partial charge in [0.15, 0.2) is 17.2 Å². The van der Waals surface area contributed by atoms with E-state index in [1.54, 1.807) is 19.1 Å². The van der Waals surface area contributed by atoms with Crippen molar-refractivity contribution >= 4 is 17.6 Å². The second kappa shape index (κ2) is 7.03. The lowest BCUT2D eigenvalue weighted by Crippen LogP contribution is -2.30. The minimum Gasteiger partial charge on any atom is -0.493 e. The molecule has 0 atom stereocenters. The molecule has 1 amide bonds. The summed E-state index contributed by atoms with van der Waals surface area (Å²) in [5.41, 5.74) is 1.34. The molecule has 1 aromatic carbocycles. The first-order chi connectivity index (χ1) is 10.2. The Morgan fingerprint density at radius 3 is 2.62 bits per heavy atom. The monoisotopic (exact) mass is 307 g/mol. The molecule has 0 aliphatic rings. The van der Waals surface area contributed by atoms with Crippen molar-refractivity contribution in [2.45, 2.75) is 13.5 Å². The van der Waals surface area contributed by atoms with E-state index >= 15 is 0 Å². The fraction of sp³-hybridized carbons (Fsp3) is 0.357. The van der Waals surface area contributed by atoms with Crippen LogP contribution in [0.5, 0.6) is 11.5 Å². The lowest BCUT2D eigenvalue weighted by atomic mass is 10.2. The molecule has 0 radical (unpaired) electrons. The van der Waals surface area contributed by atoms with Gasteiger partial charge in [-0.15, -0.1) is 0 Å². The summed E-state index contributed by atoms with van der Waals surface area (Å²) in [4.78, 5) is 14.0. The molecule has 1 heterocycles. The molecule has 0 aliphatic carbocycles. The number of methoxy groups -OCH3 is 2. The van der Waals surface area contributed by atoms with Gasteiger partial charge < -0.3 is 14.4 Å². The van der Waals surface area contributed by atoms with Gasteiger partial charge in [-0.25, -0.2) is 0 Å². The Morgan fingerprint density at radius 2 is 2.05 bits per heavy atom. The van der Waals surface area contributed by atoms with E-state index in [0.717, 1.165) is 17.3 Å². The van der Waals surface area contributed by atoms with Crippen LogP contribution in [0.25, 0.3) is 0 Å². The van der Waals surface area contributed by atoms with Crippen LogP contribution in [0.4, 0.5) is 0 Å². The summed E-state index contributed by atoms with van der Waals surface area (Å²) < 4.78 is 18.3. The first-order valence-electron chi connectivity index (χ1n) is 6.47. The van der Waals surface area contributed by atoms with Crippen LogP contribution in [-0.4, -0.2) is 40.3 Å². The summed E-state index contributed by atoms with van der Waals surface area (Å²) in [7, 11) is 3.18. The Balaban J connectivity index is 2.17. The third kappa shape index (κ3) is 3.49. The molecule has 21 heavy (non-hydrogen) atoms. The number of ether oxygens (including phenoxy) is 2. The molecule has 1 aromatic heterocycles. The molecule has 0 N–H and O–H groups in total.